The van der Waals surface area contributed by atoms with Gasteiger partial charge in [-0.2, -0.15) is 15.3 Å². The smallest absolute Gasteiger partial charge is 0.0999 e. The molecule has 1 saturated carbocycles. The molecule has 4 heterocycles. The second-order valence-corrected chi connectivity index (χ2v) is 8.58. The highest BCUT2D eigenvalue weighted by molar-refractivity contribution is 5.78. The Labute approximate surface area is 175 Å². The third-order valence-corrected chi connectivity index (χ3v) is 6.20. The van der Waals surface area contributed by atoms with Crippen LogP contribution in [0, 0.1) is 0 Å². The fourth-order valence-electron chi connectivity index (χ4n) is 4.41. The van der Waals surface area contributed by atoms with E-state index in [1.165, 1.54) is 0 Å². The Kier molecular flexibility index (Phi) is 4.47. The first kappa shape index (κ1) is 19.0. The summed E-state index contributed by atoms with van der Waals surface area (Å²) < 4.78 is 5.84. The average molecular weight is 406 g/mol. The molecule has 0 unspecified atom stereocenters. The molecule has 0 saturated heterocycles. The summed E-state index contributed by atoms with van der Waals surface area (Å²) in [5, 5.41) is 23.6. The average Bonchev–Trinajstić information content (AvgIpc) is 3.46. The van der Waals surface area contributed by atoms with Gasteiger partial charge in [0.15, 0.2) is 0 Å². The molecule has 0 amide bonds. The molecule has 0 aromatic carbocycles. The number of rotatable bonds is 6. The lowest BCUT2D eigenvalue weighted by Gasteiger charge is -2.40. The molecule has 0 spiro atoms. The zero-order valence-corrected chi connectivity index (χ0v) is 17.6. The maximum Gasteiger partial charge on any atom is 0.0999 e. The van der Waals surface area contributed by atoms with E-state index < -0.39 is 5.60 Å². The van der Waals surface area contributed by atoms with Gasteiger partial charge in [-0.3, -0.25) is 9.36 Å². The van der Waals surface area contributed by atoms with Crippen molar-refractivity contribution in [1.29, 1.82) is 0 Å². The normalized spacial score (nSPS) is 21.4. The quantitative estimate of drug-likeness (QED) is 0.526. The molecule has 4 aromatic rings. The Morgan fingerprint density at radius 3 is 2.57 bits per heavy atom. The second kappa shape index (κ2) is 7.05. The molecule has 156 valence electrons. The minimum absolute atomic E-state index is 0.236. The molecule has 0 bridgehead atoms. The van der Waals surface area contributed by atoms with E-state index in [1.807, 2.05) is 51.7 Å². The van der Waals surface area contributed by atoms with Crippen molar-refractivity contribution in [1.82, 2.24) is 34.2 Å². The van der Waals surface area contributed by atoms with E-state index in [1.54, 1.807) is 6.20 Å². The van der Waals surface area contributed by atoms with Crippen molar-refractivity contribution in [2.45, 2.75) is 64.1 Å². The molecule has 0 atom stereocenters. The highest BCUT2D eigenvalue weighted by atomic mass is 16.3. The van der Waals surface area contributed by atoms with Gasteiger partial charge in [0, 0.05) is 23.5 Å². The number of aromatic nitrogens is 7. The first-order valence-corrected chi connectivity index (χ1v) is 10.6. The van der Waals surface area contributed by atoms with Gasteiger partial charge in [-0.1, -0.05) is 13.8 Å². The highest BCUT2D eigenvalue weighted by Gasteiger charge is 2.39. The SMILES string of the molecule is CCC(CC)n1cc(-c2nc(-c3cnn([C@H]4C[C@@](C)(O)C4)c3)cn3nccc23)cn1. The fraction of sp³-hybridized carbons (Fsp3) is 0.455. The first-order chi connectivity index (χ1) is 14.5. The third kappa shape index (κ3) is 3.21. The van der Waals surface area contributed by atoms with Gasteiger partial charge in [0.2, 0.25) is 0 Å². The molecular weight excluding hydrogens is 378 g/mol. The van der Waals surface area contributed by atoms with E-state index in [2.05, 4.69) is 35.3 Å². The summed E-state index contributed by atoms with van der Waals surface area (Å²) >= 11 is 0. The van der Waals surface area contributed by atoms with Crippen molar-refractivity contribution in [2.24, 2.45) is 0 Å². The van der Waals surface area contributed by atoms with Crippen LogP contribution in [0.5, 0.6) is 0 Å². The van der Waals surface area contributed by atoms with Crippen molar-refractivity contribution in [2.75, 3.05) is 0 Å². The van der Waals surface area contributed by atoms with Crippen molar-refractivity contribution in [3.63, 3.8) is 0 Å². The second-order valence-electron chi connectivity index (χ2n) is 8.58. The Hall–Kier alpha value is -3.00. The molecular formula is C22H27N7O. The summed E-state index contributed by atoms with van der Waals surface area (Å²) in [5.41, 5.74) is 3.97. The van der Waals surface area contributed by atoms with E-state index >= 15 is 0 Å². The van der Waals surface area contributed by atoms with Crippen molar-refractivity contribution in [3.05, 3.63) is 43.2 Å². The molecule has 5 rings (SSSR count). The van der Waals surface area contributed by atoms with E-state index in [9.17, 15) is 5.11 Å². The number of nitrogens with zero attached hydrogens (tertiary/aromatic N) is 7. The van der Waals surface area contributed by atoms with E-state index in [0.29, 0.717) is 6.04 Å². The van der Waals surface area contributed by atoms with Gasteiger partial charge in [0.1, 0.15) is 0 Å². The maximum absolute atomic E-state index is 10.0. The van der Waals surface area contributed by atoms with E-state index in [4.69, 9.17) is 4.98 Å². The number of fused-ring (bicyclic) bond motifs is 1. The lowest BCUT2D eigenvalue weighted by molar-refractivity contribution is -0.0543. The molecule has 1 fully saturated rings. The summed E-state index contributed by atoms with van der Waals surface area (Å²) in [4.78, 5) is 4.97. The van der Waals surface area contributed by atoms with Crippen LogP contribution in [0.15, 0.2) is 43.2 Å². The van der Waals surface area contributed by atoms with Crippen LogP contribution in [-0.2, 0) is 0 Å². The largest absolute Gasteiger partial charge is 0.390 e. The van der Waals surface area contributed by atoms with Crippen LogP contribution in [0.25, 0.3) is 28.0 Å². The van der Waals surface area contributed by atoms with Crippen molar-refractivity contribution in [3.8, 4) is 22.5 Å². The van der Waals surface area contributed by atoms with Gasteiger partial charge >= 0.3 is 0 Å². The van der Waals surface area contributed by atoms with Crippen molar-refractivity contribution >= 4 is 5.52 Å². The molecule has 1 aliphatic carbocycles. The summed E-state index contributed by atoms with van der Waals surface area (Å²) in [6, 6.07) is 2.60. The lowest BCUT2D eigenvalue weighted by atomic mass is 9.77. The molecule has 0 aliphatic heterocycles. The van der Waals surface area contributed by atoms with Crippen LogP contribution >= 0.6 is 0 Å². The van der Waals surface area contributed by atoms with Gasteiger partial charge in [0.05, 0.1) is 59.4 Å². The number of aliphatic hydroxyl groups is 1. The Bertz CT molecular complexity index is 1170. The standard InChI is InChI=1S/C22H27N7O/c1-4-17(5-2)27-13-16(11-25-27)21-20-6-7-23-29(20)14-19(26-21)15-10-24-28(12-15)18-8-22(3,30)9-18/h6-7,10-14,17-18,30H,4-5,8-9H2,1-3H3/t18-,22+. The fourth-order valence-corrected chi connectivity index (χ4v) is 4.41. The minimum Gasteiger partial charge on any atom is -0.390 e. The monoisotopic (exact) mass is 405 g/mol. The predicted molar refractivity (Wildman–Crippen MR) is 114 cm³/mol. The van der Waals surface area contributed by atoms with Gasteiger partial charge in [-0.05, 0) is 38.7 Å². The topological polar surface area (TPSA) is 86.1 Å². The zero-order chi connectivity index (χ0) is 20.9. The van der Waals surface area contributed by atoms with Crippen LogP contribution in [0.3, 0.4) is 0 Å². The zero-order valence-electron chi connectivity index (χ0n) is 17.6. The predicted octanol–water partition coefficient (Wildman–Crippen LogP) is 3.90. The van der Waals surface area contributed by atoms with E-state index in [0.717, 1.165) is 53.7 Å². The van der Waals surface area contributed by atoms with Crippen molar-refractivity contribution < 1.29 is 5.11 Å². The summed E-state index contributed by atoms with van der Waals surface area (Å²) in [6.45, 7) is 6.24. The summed E-state index contributed by atoms with van der Waals surface area (Å²) in [7, 11) is 0. The van der Waals surface area contributed by atoms with Crippen LogP contribution in [0.1, 0.15) is 58.5 Å². The number of hydrogen-bond donors (Lipinski definition) is 1. The first-order valence-electron chi connectivity index (χ1n) is 10.6. The maximum atomic E-state index is 10.0. The van der Waals surface area contributed by atoms with E-state index in [-0.39, 0.29) is 6.04 Å². The van der Waals surface area contributed by atoms with Crippen LogP contribution in [0.4, 0.5) is 0 Å². The molecule has 0 radical (unpaired) electrons. The highest BCUT2D eigenvalue weighted by Crippen LogP contribution is 2.41. The molecule has 1 aliphatic rings. The lowest BCUT2D eigenvalue weighted by Crippen LogP contribution is -2.42. The third-order valence-electron chi connectivity index (χ3n) is 6.20. The van der Waals surface area contributed by atoms with Crippen LogP contribution < -0.4 is 0 Å². The summed E-state index contributed by atoms with van der Waals surface area (Å²) in [6.07, 6.45) is 15.1. The van der Waals surface area contributed by atoms with Crippen LogP contribution in [-0.4, -0.2) is 44.9 Å². The Balaban J connectivity index is 1.52. The Morgan fingerprint density at radius 2 is 1.83 bits per heavy atom. The molecule has 8 nitrogen and oxygen atoms in total. The minimum atomic E-state index is -0.578. The van der Waals surface area contributed by atoms with Gasteiger partial charge in [-0.15, -0.1) is 0 Å². The molecule has 1 N–H and O–H groups in total. The Morgan fingerprint density at radius 1 is 1.07 bits per heavy atom. The summed E-state index contributed by atoms with van der Waals surface area (Å²) in [5.74, 6) is 0. The van der Waals surface area contributed by atoms with Gasteiger partial charge in [-0.25, -0.2) is 9.50 Å². The van der Waals surface area contributed by atoms with Gasteiger partial charge < -0.3 is 5.11 Å². The molecule has 30 heavy (non-hydrogen) atoms. The molecule has 4 aromatic heterocycles. The molecule has 8 heteroatoms. The van der Waals surface area contributed by atoms with Gasteiger partial charge in [0.25, 0.3) is 0 Å². The van der Waals surface area contributed by atoms with Crippen LogP contribution in [0.2, 0.25) is 0 Å². The number of hydrogen-bond acceptors (Lipinski definition) is 5.